The van der Waals surface area contributed by atoms with Crippen LogP contribution in [-0.4, -0.2) is 69.2 Å². The lowest BCUT2D eigenvalue weighted by atomic mass is 9.75. The lowest BCUT2D eigenvalue weighted by molar-refractivity contribution is -0.150. The fourth-order valence-corrected chi connectivity index (χ4v) is 4.66. The van der Waals surface area contributed by atoms with Crippen LogP contribution in [-0.2, 0) is 16.0 Å². The van der Waals surface area contributed by atoms with Crippen LogP contribution in [0.2, 0.25) is 0 Å². The van der Waals surface area contributed by atoms with E-state index in [1.54, 1.807) is 41.5 Å². The molecular formula is C29H47N5O5. The van der Waals surface area contributed by atoms with E-state index in [2.05, 4.69) is 21.3 Å². The number of nitrogens with zero attached hydrogens (tertiary/aromatic N) is 1. The van der Waals surface area contributed by atoms with Gasteiger partial charge in [-0.3, -0.25) is 9.59 Å². The summed E-state index contributed by atoms with van der Waals surface area (Å²) >= 11 is 0. The van der Waals surface area contributed by atoms with E-state index >= 15 is 0 Å². The highest BCUT2D eigenvalue weighted by Gasteiger charge is 2.58. The first-order valence-corrected chi connectivity index (χ1v) is 13.6. The molecule has 2 unspecified atom stereocenters. The number of hydrogen-bond donors (Lipinski definition) is 5. The van der Waals surface area contributed by atoms with Crippen LogP contribution in [0, 0.1) is 5.92 Å². The van der Waals surface area contributed by atoms with Gasteiger partial charge in [-0.15, -0.1) is 0 Å². The van der Waals surface area contributed by atoms with Gasteiger partial charge in [-0.1, -0.05) is 44.2 Å². The SMILES string of the molecule is CC(C)CCC(O)(CCc1ccccc1)C1(NC(=O)NC(C)(C)C)NC(=O)NCC(=O)N(C(C)(C)C)CC1=O. The Hall–Kier alpha value is -3.14. The molecule has 1 heterocycles. The van der Waals surface area contributed by atoms with Crippen LogP contribution in [0.1, 0.15) is 80.2 Å². The molecule has 0 radical (unpaired) electrons. The Bertz CT molecular complexity index is 1030. The third-order valence-corrected chi connectivity index (χ3v) is 6.82. The Labute approximate surface area is 232 Å². The maximum atomic E-state index is 14.4. The van der Waals surface area contributed by atoms with E-state index in [0.717, 1.165) is 5.56 Å². The number of ketones is 1. The average Bonchev–Trinajstić information content (AvgIpc) is 2.85. The van der Waals surface area contributed by atoms with E-state index in [1.807, 2.05) is 44.2 Å². The first-order chi connectivity index (χ1) is 17.9. The van der Waals surface area contributed by atoms with Gasteiger partial charge < -0.3 is 31.3 Å². The summed E-state index contributed by atoms with van der Waals surface area (Å²) in [6, 6.07) is 7.92. The standard InChI is InChI=1S/C29H47N5O5/c1-20(2)14-16-28(39,17-15-21-12-10-9-11-13-21)29(33-25(38)31-26(3,4)5)22(35)19-34(27(6,7)8)23(36)18-30-24(37)32-29/h9-13,20,39H,14-19H2,1-8H3,(H2,30,32,37)(H2,31,33,38). The molecule has 0 saturated carbocycles. The van der Waals surface area contributed by atoms with Crippen molar-refractivity contribution in [2.45, 2.75) is 103 Å². The molecule has 39 heavy (non-hydrogen) atoms. The van der Waals surface area contributed by atoms with Crippen LogP contribution < -0.4 is 21.3 Å². The predicted molar refractivity (Wildman–Crippen MR) is 151 cm³/mol. The van der Waals surface area contributed by atoms with Gasteiger partial charge in [-0.2, -0.15) is 0 Å². The summed E-state index contributed by atoms with van der Waals surface area (Å²) in [5.74, 6) is -0.969. The van der Waals surface area contributed by atoms with Gasteiger partial charge in [0.05, 0.1) is 13.1 Å². The Morgan fingerprint density at radius 2 is 1.67 bits per heavy atom. The second kappa shape index (κ2) is 12.4. The minimum Gasteiger partial charge on any atom is -0.385 e. The third kappa shape index (κ3) is 8.68. The molecule has 1 saturated heterocycles. The predicted octanol–water partition coefficient (Wildman–Crippen LogP) is 3.09. The largest absolute Gasteiger partial charge is 0.385 e. The van der Waals surface area contributed by atoms with Crippen molar-refractivity contribution in [3.05, 3.63) is 35.9 Å². The summed E-state index contributed by atoms with van der Waals surface area (Å²) in [5.41, 5.74) is -4.62. The lowest BCUT2D eigenvalue weighted by Crippen LogP contribution is -2.79. The number of carbonyl (C=O) groups excluding carboxylic acids is 4. The molecule has 2 rings (SSSR count). The molecule has 0 aromatic heterocycles. The number of hydrogen-bond acceptors (Lipinski definition) is 5. The molecule has 10 heteroatoms. The van der Waals surface area contributed by atoms with Crippen LogP contribution in [0.5, 0.6) is 0 Å². The van der Waals surface area contributed by atoms with Crippen molar-refractivity contribution in [3.63, 3.8) is 0 Å². The van der Waals surface area contributed by atoms with Crippen molar-refractivity contribution in [1.82, 2.24) is 26.2 Å². The topological polar surface area (TPSA) is 140 Å². The van der Waals surface area contributed by atoms with Crippen molar-refractivity contribution in [1.29, 1.82) is 0 Å². The van der Waals surface area contributed by atoms with Gasteiger partial charge in [0.15, 0.2) is 0 Å². The highest BCUT2D eigenvalue weighted by Crippen LogP contribution is 2.34. The fourth-order valence-electron chi connectivity index (χ4n) is 4.66. The van der Waals surface area contributed by atoms with Crippen molar-refractivity contribution < 1.29 is 24.3 Å². The quantitative estimate of drug-likeness (QED) is 0.342. The zero-order chi connectivity index (χ0) is 29.6. The molecule has 1 fully saturated rings. The number of aliphatic hydroxyl groups is 1. The Morgan fingerprint density at radius 3 is 2.21 bits per heavy atom. The molecule has 1 aliphatic heterocycles. The van der Waals surface area contributed by atoms with Crippen LogP contribution >= 0.6 is 0 Å². The average molecular weight is 546 g/mol. The van der Waals surface area contributed by atoms with E-state index in [4.69, 9.17) is 0 Å². The monoisotopic (exact) mass is 545 g/mol. The number of urea groups is 2. The maximum Gasteiger partial charge on any atom is 0.317 e. The van der Waals surface area contributed by atoms with E-state index in [-0.39, 0.29) is 25.3 Å². The van der Waals surface area contributed by atoms with Crippen molar-refractivity contribution in [3.8, 4) is 0 Å². The number of aryl methyl sites for hydroxylation is 1. The summed E-state index contributed by atoms with van der Waals surface area (Å²) in [5, 5.41) is 23.1. The summed E-state index contributed by atoms with van der Waals surface area (Å²) in [6.45, 7) is 13.9. The third-order valence-electron chi connectivity index (χ3n) is 6.82. The molecule has 5 N–H and O–H groups in total. The lowest BCUT2D eigenvalue weighted by Gasteiger charge is -2.48. The van der Waals surface area contributed by atoms with E-state index < -0.39 is 52.6 Å². The Balaban J connectivity index is 2.72. The molecule has 0 spiro atoms. The smallest absolute Gasteiger partial charge is 0.317 e. The maximum absolute atomic E-state index is 14.4. The van der Waals surface area contributed by atoms with Gasteiger partial charge in [0, 0.05) is 11.1 Å². The number of nitrogens with one attached hydrogen (secondary N) is 4. The second-order valence-corrected chi connectivity index (χ2v) is 12.9. The molecule has 1 aromatic carbocycles. The second-order valence-electron chi connectivity index (χ2n) is 12.9. The minimum absolute atomic E-state index is 0.0645. The van der Waals surface area contributed by atoms with Crippen LogP contribution in [0.25, 0.3) is 0 Å². The highest BCUT2D eigenvalue weighted by molar-refractivity contribution is 6.01. The number of rotatable bonds is 8. The van der Waals surface area contributed by atoms with Crippen LogP contribution in [0.4, 0.5) is 9.59 Å². The highest BCUT2D eigenvalue weighted by atomic mass is 16.3. The normalized spacial score (nSPS) is 20.8. The first-order valence-electron chi connectivity index (χ1n) is 13.6. The number of carbonyl (C=O) groups is 4. The molecule has 0 aliphatic carbocycles. The summed E-state index contributed by atoms with van der Waals surface area (Å²) in [4.78, 5) is 55.2. The van der Waals surface area contributed by atoms with Crippen molar-refractivity contribution in [2.75, 3.05) is 13.1 Å². The van der Waals surface area contributed by atoms with Gasteiger partial charge >= 0.3 is 12.1 Å². The molecule has 1 aliphatic rings. The van der Waals surface area contributed by atoms with E-state index in [9.17, 15) is 24.3 Å². The van der Waals surface area contributed by atoms with E-state index in [0.29, 0.717) is 12.8 Å². The Kier molecular flexibility index (Phi) is 10.2. The molecule has 1 aromatic rings. The van der Waals surface area contributed by atoms with Crippen LogP contribution in [0.15, 0.2) is 30.3 Å². The van der Waals surface area contributed by atoms with Gasteiger partial charge in [0.25, 0.3) is 0 Å². The van der Waals surface area contributed by atoms with Gasteiger partial charge in [-0.25, -0.2) is 9.59 Å². The molecule has 5 amide bonds. The summed E-state index contributed by atoms with van der Waals surface area (Å²) in [7, 11) is 0. The van der Waals surface area contributed by atoms with Gasteiger partial charge in [0.1, 0.15) is 5.60 Å². The number of amides is 5. The van der Waals surface area contributed by atoms with Gasteiger partial charge in [-0.05, 0) is 78.7 Å². The molecular weight excluding hydrogens is 498 g/mol. The van der Waals surface area contributed by atoms with Crippen LogP contribution in [0.3, 0.4) is 0 Å². The zero-order valence-electron chi connectivity index (χ0n) is 24.7. The zero-order valence-corrected chi connectivity index (χ0v) is 24.7. The minimum atomic E-state index is -2.23. The summed E-state index contributed by atoms with van der Waals surface area (Å²) in [6.07, 6.45) is 1.09. The molecule has 0 bridgehead atoms. The number of Topliss-reactive ketones (excluding diaryl/α,β-unsaturated/α-hetero) is 1. The number of benzene rings is 1. The first kappa shape index (κ1) is 32.1. The summed E-state index contributed by atoms with van der Waals surface area (Å²) < 4.78 is 0. The van der Waals surface area contributed by atoms with Gasteiger partial charge in [0.2, 0.25) is 17.4 Å². The van der Waals surface area contributed by atoms with Crippen molar-refractivity contribution in [2.24, 2.45) is 5.92 Å². The van der Waals surface area contributed by atoms with E-state index in [1.165, 1.54) is 4.90 Å². The molecule has 2 atom stereocenters. The van der Waals surface area contributed by atoms with Crippen molar-refractivity contribution >= 4 is 23.8 Å². The molecule has 10 nitrogen and oxygen atoms in total. The molecule has 218 valence electrons. The fraction of sp³-hybridized carbons (Fsp3) is 0.655. The Morgan fingerprint density at radius 1 is 1.05 bits per heavy atom.